The van der Waals surface area contributed by atoms with Gasteiger partial charge in [-0.15, -0.1) is 0 Å². The summed E-state index contributed by atoms with van der Waals surface area (Å²) in [4.78, 5) is 16.8. The smallest absolute Gasteiger partial charge is 0.211 e. The average molecular weight is 319 g/mol. The van der Waals surface area contributed by atoms with Crippen LogP contribution >= 0.6 is 0 Å². The van der Waals surface area contributed by atoms with Crippen LogP contribution in [0.1, 0.15) is 24.5 Å². The van der Waals surface area contributed by atoms with Gasteiger partial charge in [0.05, 0.1) is 23.8 Å². The molecule has 2 aromatic rings. The van der Waals surface area contributed by atoms with Crippen molar-refractivity contribution in [2.45, 2.75) is 18.8 Å². The molecule has 2 aromatic heterocycles. The molecule has 1 aliphatic heterocycles. The molecule has 8 heteroatoms. The van der Waals surface area contributed by atoms with Gasteiger partial charge in [0, 0.05) is 43.2 Å². The molecular formula is C14H17N5O2S. The van der Waals surface area contributed by atoms with Gasteiger partial charge in [0.2, 0.25) is 10.0 Å². The minimum absolute atomic E-state index is 0.0945. The Bertz CT molecular complexity index is 734. The SMILES string of the molecule is CS(=O)(=O)N1CCC[C@H](c2cnc(-c3cncnc3)cn2)C1. The first-order valence-electron chi connectivity index (χ1n) is 7.06. The summed E-state index contributed by atoms with van der Waals surface area (Å²) in [5.74, 6) is 0.0945. The summed E-state index contributed by atoms with van der Waals surface area (Å²) in [6.45, 7) is 1.06. The Kier molecular flexibility index (Phi) is 4.12. The van der Waals surface area contributed by atoms with E-state index in [0.717, 1.165) is 24.1 Å². The van der Waals surface area contributed by atoms with Gasteiger partial charge in [0.15, 0.2) is 0 Å². The summed E-state index contributed by atoms with van der Waals surface area (Å²) in [5, 5.41) is 0. The molecular weight excluding hydrogens is 302 g/mol. The van der Waals surface area contributed by atoms with Crippen LogP contribution in [-0.4, -0.2) is 52.0 Å². The van der Waals surface area contributed by atoms with E-state index >= 15 is 0 Å². The van der Waals surface area contributed by atoms with Gasteiger partial charge in [-0.3, -0.25) is 9.97 Å². The molecule has 22 heavy (non-hydrogen) atoms. The van der Waals surface area contributed by atoms with Crippen LogP contribution in [0.25, 0.3) is 11.3 Å². The zero-order valence-corrected chi connectivity index (χ0v) is 13.1. The Morgan fingerprint density at radius 3 is 2.55 bits per heavy atom. The van der Waals surface area contributed by atoms with Crippen LogP contribution in [-0.2, 0) is 10.0 Å². The van der Waals surface area contributed by atoms with Gasteiger partial charge in [0.1, 0.15) is 6.33 Å². The highest BCUT2D eigenvalue weighted by Gasteiger charge is 2.27. The number of piperidine rings is 1. The molecule has 3 rings (SSSR count). The maximum Gasteiger partial charge on any atom is 0.211 e. The van der Waals surface area contributed by atoms with E-state index in [1.165, 1.54) is 16.9 Å². The van der Waals surface area contributed by atoms with Crippen molar-refractivity contribution < 1.29 is 8.42 Å². The van der Waals surface area contributed by atoms with Gasteiger partial charge in [0.25, 0.3) is 0 Å². The molecule has 7 nitrogen and oxygen atoms in total. The van der Waals surface area contributed by atoms with Crippen LogP contribution in [0.15, 0.2) is 31.1 Å². The van der Waals surface area contributed by atoms with Gasteiger partial charge in [-0.2, -0.15) is 0 Å². The van der Waals surface area contributed by atoms with Crippen molar-refractivity contribution in [1.82, 2.24) is 24.2 Å². The molecule has 0 unspecified atom stereocenters. The lowest BCUT2D eigenvalue weighted by molar-refractivity contribution is 0.314. The third-order valence-electron chi connectivity index (χ3n) is 3.80. The molecule has 0 aromatic carbocycles. The van der Waals surface area contributed by atoms with Gasteiger partial charge >= 0.3 is 0 Å². The third kappa shape index (κ3) is 3.28. The van der Waals surface area contributed by atoms with E-state index in [1.54, 1.807) is 24.8 Å². The van der Waals surface area contributed by atoms with Crippen molar-refractivity contribution >= 4 is 10.0 Å². The number of hydrogen-bond donors (Lipinski definition) is 0. The molecule has 3 heterocycles. The molecule has 0 bridgehead atoms. The van der Waals surface area contributed by atoms with Crippen molar-refractivity contribution in [3.63, 3.8) is 0 Å². The molecule has 1 saturated heterocycles. The van der Waals surface area contributed by atoms with Gasteiger partial charge in [-0.1, -0.05) is 0 Å². The first kappa shape index (κ1) is 15.0. The molecule has 0 spiro atoms. The summed E-state index contributed by atoms with van der Waals surface area (Å²) >= 11 is 0. The van der Waals surface area contributed by atoms with E-state index in [2.05, 4.69) is 19.9 Å². The normalized spacial score (nSPS) is 20.0. The van der Waals surface area contributed by atoms with Crippen molar-refractivity contribution in [3.8, 4) is 11.3 Å². The second-order valence-electron chi connectivity index (χ2n) is 5.41. The Morgan fingerprint density at radius 1 is 1.14 bits per heavy atom. The fourth-order valence-corrected chi connectivity index (χ4v) is 3.53. The third-order valence-corrected chi connectivity index (χ3v) is 5.07. The van der Waals surface area contributed by atoms with Crippen molar-refractivity contribution in [3.05, 3.63) is 36.8 Å². The predicted octanol–water partition coefficient (Wildman–Crippen LogP) is 1.07. The lowest BCUT2D eigenvalue weighted by Gasteiger charge is -2.30. The minimum atomic E-state index is -3.15. The Balaban J connectivity index is 1.78. The number of hydrogen-bond acceptors (Lipinski definition) is 6. The number of aromatic nitrogens is 4. The Morgan fingerprint density at radius 2 is 1.91 bits per heavy atom. The van der Waals surface area contributed by atoms with Crippen molar-refractivity contribution in [2.75, 3.05) is 19.3 Å². The zero-order valence-electron chi connectivity index (χ0n) is 12.3. The monoisotopic (exact) mass is 319 g/mol. The molecule has 1 atom stereocenters. The maximum atomic E-state index is 11.7. The van der Waals surface area contributed by atoms with Crippen LogP contribution in [0.5, 0.6) is 0 Å². The first-order valence-corrected chi connectivity index (χ1v) is 8.91. The lowest BCUT2D eigenvalue weighted by Crippen LogP contribution is -2.38. The molecule has 0 N–H and O–H groups in total. The molecule has 0 aliphatic carbocycles. The average Bonchev–Trinajstić information content (AvgIpc) is 2.55. The fourth-order valence-electron chi connectivity index (χ4n) is 2.61. The van der Waals surface area contributed by atoms with E-state index in [-0.39, 0.29) is 5.92 Å². The van der Waals surface area contributed by atoms with Crippen molar-refractivity contribution in [1.29, 1.82) is 0 Å². The molecule has 116 valence electrons. The predicted molar refractivity (Wildman–Crippen MR) is 81.4 cm³/mol. The van der Waals surface area contributed by atoms with E-state index in [4.69, 9.17) is 0 Å². The summed E-state index contributed by atoms with van der Waals surface area (Å²) in [6.07, 6.45) is 11.3. The van der Waals surface area contributed by atoms with Crippen LogP contribution in [0.4, 0.5) is 0 Å². The van der Waals surface area contributed by atoms with Crippen LogP contribution < -0.4 is 0 Å². The molecule has 1 aliphatic rings. The van der Waals surface area contributed by atoms with Crippen LogP contribution in [0.2, 0.25) is 0 Å². The standard InChI is InChI=1S/C14H17N5O2S/c1-22(20,21)19-4-2-3-11(9-19)13-7-18-14(8-17-13)12-5-15-10-16-6-12/h5-8,10-11H,2-4,9H2,1H3/t11-/m0/s1. The first-order chi connectivity index (χ1) is 10.5. The van der Waals surface area contributed by atoms with Crippen LogP contribution in [0.3, 0.4) is 0 Å². The maximum absolute atomic E-state index is 11.7. The highest BCUT2D eigenvalue weighted by atomic mass is 32.2. The molecule has 0 amide bonds. The van der Waals surface area contributed by atoms with Gasteiger partial charge in [-0.05, 0) is 12.8 Å². The number of rotatable bonds is 3. The van der Waals surface area contributed by atoms with Crippen LogP contribution in [0, 0.1) is 0 Å². The Hall–Kier alpha value is -1.93. The fraction of sp³-hybridized carbons (Fsp3) is 0.429. The zero-order chi connectivity index (χ0) is 15.6. The van der Waals surface area contributed by atoms with E-state index in [1.807, 2.05) is 0 Å². The summed E-state index contributed by atoms with van der Waals surface area (Å²) in [6, 6.07) is 0. The van der Waals surface area contributed by atoms with E-state index in [9.17, 15) is 8.42 Å². The highest BCUT2D eigenvalue weighted by molar-refractivity contribution is 7.88. The van der Waals surface area contributed by atoms with Gasteiger partial charge < -0.3 is 0 Å². The molecule has 0 radical (unpaired) electrons. The molecule has 0 saturated carbocycles. The summed E-state index contributed by atoms with van der Waals surface area (Å²) in [5.41, 5.74) is 2.34. The highest BCUT2D eigenvalue weighted by Crippen LogP contribution is 2.27. The number of sulfonamides is 1. The summed E-state index contributed by atoms with van der Waals surface area (Å²) < 4.78 is 24.9. The largest absolute Gasteiger partial charge is 0.257 e. The Labute approximate surface area is 129 Å². The van der Waals surface area contributed by atoms with E-state index < -0.39 is 10.0 Å². The second-order valence-corrected chi connectivity index (χ2v) is 7.40. The second kappa shape index (κ2) is 6.05. The van der Waals surface area contributed by atoms with Gasteiger partial charge in [-0.25, -0.2) is 22.7 Å². The minimum Gasteiger partial charge on any atom is -0.257 e. The topological polar surface area (TPSA) is 88.9 Å². The summed E-state index contributed by atoms with van der Waals surface area (Å²) in [7, 11) is -3.15. The molecule has 1 fully saturated rings. The van der Waals surface area contributed by atoms with E-state index in [0.29, 0.717) is 18.8 Å². The van der Waals surface area contributed by atoms with Crippen molar-refractivity contribution in [2.24, 2.45) is 0 Å². The number of nitrogens with zero attached hydrogens (tertiary/aromatic N) is 5. The lowest BCUT2D eigenvalue weighted by atomic mass is 9.96. The quantitative estimate of drug-likeness (QED) is 0.841.